The van der Waals surface area contributed by atoms with Gasteiger partial charge in [-0.3, -0.25) is 4.79 Å². The van der Waals surface area contributed by atoms with Gasteiger partial charge in [-0.2, -0.15) is 11.8 Å². The Labute approximate surface area is 121 Å². The highest BCUT2D eigenvalue weighted by Gasteiger charge is 2.29. The minimum atomic E-state index is -0.478. The minimum absolute atomic E-state index is 0.0591. The summed E-state index contributed by atoms with van der Waals surface area (Å²) in [5, 5.41) is 11.2. The van der Waals surface area contributed by atoms with Gasteiger partial charge in [0.1, 0.15) is 6.33 Å². The van der Waals surface area contributed by atoms with Gasteiger partial charge in [-0.25, -0.2) is 4.68 Å². The lowest BCUT2D eigenvalue weighted by atomic mass is 10.1. The van der Waals surface area contributed by atoms with Crippen molar-refractivity contribution >= 4 is 17.7 Å². The average Bonchev–Trinajstić information content (AvgIpc) is 3.03. The summed E-state index contributed by atoms with van der Waals surface area (Å²) < 4.78 is 1.53. The number of thioether (sulfide) groups is 1. The number of amides is 1. The van der Waals surface area contributed by atoms with Gasteiger partial charge in [0.25, 0.3) is 5.91 Å². The molecule has 20 heavy (non-hydrogen) atoms. The normalized spacial score (nSPS) is 16.9. The maximum atomic E-state index is 12.8. The molecule has 1 aliphatic heterocycles. The van der Waals surface area contributed by atoms with E-state index in [2.05, 4.69) is 15.5 Å². The van der Waals surface area contributed by atoms with Gasteiger partial charge in [-0.05, 0) is 16.0 Å². The Bertz CT molecular complexity index is 553. The second-order valence-electron chi connectivity index (χ2n) is 4.54. The topological polar surface area (TPSA) is 63.9 Å². The molecule has 0 saturated carbocycles. The number of rotatable bonds is 3. The number of carbonyl (C=O) groups is 1. The van der Waals surface area contributed by atoms with E-state index in [-0.39, 0.29) is 5.91 Å². The summed E-state index contributed by atoms with van der Waals surface area (Å²) in [5.41, 5.74) is 0.906. The second-order valence-corrected chi connectivity index (χ2v) is 5.77. The van der Waals surface area contributed by atoms with Gasteiger partial charge < -0.3 is 4.90 Å². The number of carbonyl (C=O) groups excluding carboxylic acids is 1. The van der Waals surface area contributed by atoms with E-state index in [0.717, 1.165) is 30.2 Å². The molecule has 7 heteroatoms. The van der Waals surface area contributed by atoms with Crippen molar-refractivity contribution in [2.24, 2.45) is 0 Å². The van der Waals surface area contributed by atoms with Crippen molar-refractivity contribution in [2.45, 2.75) is 6.04 Å². The molecule has 0 bridgehead atoms. The second kappa shape index (κ2) is 6.04. The summed E-state index contributed by atoms with van der Waals surface area (Å²) in [4.78, 5) is 14.7. The van der Waals surface area contributed by atoms with E-state index >= 15 is 0 Å². The Kier molecular flexibility index (Phi) is 3.96. The molecule has 2 aromatic rings. The minimum Gasteiger partial charge on any atom is -0.339 e. The van der Waals surface area contributed by atoms with E-state index in [0.29, 0.717) is 0 Å². The smallest absolute Gasteiger partial charge is 0.252 e. The van der Waals surface area contributed by atoms with Crippen molar-refractivity contribution in [3.63, 3.8) is 0 Å². The summed E-state index contributed by atoms with van der Waals surface area (Å²) in [6.07, 6.45) is 1.49. The Morgan fingerprint density at radius 3 is 2.60 bits per heavy atom. The van der Waals surface area contributed by atoms with E-state index in [1.165, 1.54) is 11.0 Å². The van der Waals surface area contributed by atoms with Crippen molar-refractivity contribution in [3.05, 3.63) is 42.2 Å². The number of benzene rings is 1. The Morgan fingerprint density at radius 1 is 1.20 bits per heavy atom. The number of nitrogens with zero attached hydrogens (tertiary/aromatic N) is 5. The Hall–Kier alpha value is -1.89. The molecule has 0 aliphatic carbocycles. The highest BCUT2D eigenvalue weighted by molar-refractivity contribution is 7.99. The summed E-state index contributed by atoms with van der Waals surface area (Å²) in [5.74, 6) is 2.04. The zero-order chi connectivity index (χ0) is 13.8. The van der Waals surface area contributed by atoms with Crippen molar-refractivity contribution in [1.29, 1.82) is 0 Å². The summed E-state index contributed by atoms with van der Waals surface area (Å²) >= 11 is 1.88. The highest BCUT2D eigenvalue weighted by Crippen LogP contribution is 2.21. The van der Waals surface area contributed by atoms with Crippen LogP contribution in [0.1, 0.15) is 11.6 Å². The molecular formula is C13H15N5OS. The fourth-order valence-corrected chi connectivity index (χ4v) is 3.19. The molecule has 1 fully saturated rings. The van der Waals surface area contributed by atoms with Crippen LogP contribution in [-0.4, -0.2) is 55.6 Å². The standard InChI is InChI=1S/C13H15N5OS/c19-13(17-6-8-20-9-7-17)12(18-10-14-15-16-18)11-4-2-1-3-5-11/h1-5,10,12H,6-9H2/t12-/m0/s1. The fourth-order valence-electron chi connectivity index (χ4n) is 2.29. The third kappa shape index (κ3) is 2.67. The molecule has 1 saturated heterocycles. The molecule has 0 spiro atoms. The first-order chi connectivity index (χ1) is 9.86. The third-order valence-electron chi connectivity index (χ3n) is 3.30. The van der Waals surface area contributed by atoms with Gasteiger partial charge in [0.15, 0.2) is 6.04 Å². The van der Waals surface area contributed by atoms with Crippen LogP contribution in [0.15, 0.2) is 36.7 Å². The predicted octanol–water partition coefficient (Wildman–Crippen LogP) is 0.838. The largest absolute Gasteiger partial charge is 0.339 e. The van der Waals surface area contributed by atoms with E-state index in [4.69, 9.17) is 0 Å². The first kappa shape index (κ1) is 13.1. The highest BCUT2D eigenvalue weighted by atomic mass is 32.2. The SMILES string of the molecule is O=C([C@H](c1ccccc1)n1cnnn1)N1CCSCC1. The molecule has 0 unspecified atom stereocenters. The van der Waals surface area contributed by atoms with Crippen LogP contribution in [-0.2, 0) is 4.79 Å². The zero-order valence-corrected chi connectivity index (χ0v) is 11.7. The van der Waals surface area contributed by atoms with Crippen LogP contribution >= 0.6 is 11.8 Å². The molecule has 0 N–H and O–H groups in total. The lowest BCUT2D eigenvalue weighted by Gasteiger charge is -2.30. The molecule has 1 aromatic carbocycles. The van der Waals surface area contributed by atoms with E-state index in [1.807, 2.05) is 47.0 Å². The molecule has 1 atom stereocenters. The maximum Gasteiger partial charge on any atom is 0.252 e. The monoisotopic (exact) mass is 289 g/mol. The molecule has 1 amide bonds. The summed E-state index contributed by atoms with van der Waals surface area (Å²) in [6.45, 7) is 1.57. The van der Waals surface area contributed by atoms with E-state index in [9.17, 15) is 4.79 Å². The molecule has 0 radical (unpaired) electrons. The van der Waals surface area contributed by atoms with Crippen LogP contribution in [0, 0.1) is 0 Å². The lowest BCUT2D eigenvalue weighted by Crippen LogP contribution is -2.42. The van der Waals surface area contributed by atoms with Gasteiger partial charge in [-0.1, -0.05) is 30.3 Å². The predicted molar refractivity (Wildman–Crippen MR) is 76.3 cm³/mol. The van der Waals surface area contributed by atoms with Crippen LogP contribution < -0.4 is 0 Å². The number of tetrazole rings is 1. The average molecular weight is 289 g/mol. The quantitative estimate of drug-likeness (QED) is 0.838. The van der Waals surface area contributed by atoms with Gasteiger partial charge >= 0.3 is 0 Å². The molecule has 1 aromatic heterocycles. The van der Waals surface area contributed by atoms with Gasteiger partial charge in [-0.15, -0.1) is 5.10 Å². The third-order valence-corrected chi connectivity index (χ3v) is 4.24. The van der Waals surface area contributed by atoms with Crippen LogP contribution in [0.5, 0.6) is 0 Å². The van der Waals surface area contributed by atoms with Crippen LogP contribution in [0.3, 0.4) is 0 Å². The van der Waals surface area contributed by atoms with Crippen LogP contribution in [0.4, 0.5) is 0 Å². The van der Waals surface area contributed by atoms with Gasteiger partial charge in [0.2, 0.25) is 0 Å². The van der Waals surface area contributed by atoms with Crippen molar-refractivity contribution in [2.75, 3.05) is 24.6 Å². The first-order valence-electron chi connectivity index (χ1n) is 6.50. The molecule has 3 rings (SSSR count). The molecular weight excluding hydrogens is 274 g/mol. The Morgan fingerprint density at radius 2 is 1.95 bits per heavy atom. The van der Waals surface area contributed by atoms with Gasteiger partial charge in [0, 0.05) is 24.6 Å². The molecule has 2 heterocycles. The van der Waals surface area contributed by atoms with Crippen LogP contribution in [0.25, 0.3) is 0 Å². The van der Waals surface area contributed by atoms with Gasteiger partial charge in [0.05, 0.1) is 0 Å². The van der Waals surface area contributed by atoms with Crippen LogP contribution in [0.2, 0.25) is 0 Å². The molecule has 1 aliphatic rings. The molecule has 104 valence electrons. The lowest BCUT2D eigenvalue weighted by molar-refractivity contribution is -0.133. The zero-order valence-electron chi connectivity index (χ0n) is 10.9. The van der Waals surface area contributed by atoms with Crippen molar-refractivity contribution < 1.29 is 4.79 Å². The number of hydrogen-bond donors (Lipinski definition) is 0. The van der Waals surface area contributed by atoms with Crippen molar-refractivity contribution in [1.82, 2.24) is 25.1 Å². The summed E-state index contributed by atoms with van der Waals surface area (Å²) in [6, 6.07) is 9.17. The number of hydrogen-bond acceptors (Lipinski definition) is 5. The summed E-state index contributed by atoms with van der Waals surface area (Å²) in [7, 11) is 0. The Balaban J connectivity index is 1.91. The van der Waals surface area contributed by atoms with E-state index in [1.54, 1.807) is 0 Å². The first-order valence-corrected chi connectivity index (χ1v) is 7.65. The number of aromatic nitrogens is 4. The molecule has 6 nitrogen and oxygen atoms in total. The fraction of sp³-hybridized carbons (Fsp3) is 0.385. The van der Waals surface area contributed by atoms with Crippen molar-refractivity contribution in [3.8, 4) is 0 Å². The van der Waals surface area contributed by atoms with E-state index < -0.39 is 6.04 Å². The maximum absolute atomic E-state index is 12.8.